The zero-order chi connectivity index (χ0) is 16.1. The van der Waals surface area contributed by atoms with Gasteiger partial charge in [0.15, 0.2) is 0 Å². The van der Waals surface area contributed by atoms with Gasteiger partial charge in [-0.2, -0.15) is 0 Å². The first-order valence-corrected chi connectivity index (χ1v) is 7.39. The van der Waals surface area contributed by atoms with Crippen molar-refractivity contribution in [1.29, 1.82) is 0 Å². The van der Waals surface area contributed by atoms with Gasteiger partial charge >= 0.3 is 5.97 Å². The van der Waals surface area contributed by atoms with Crippen LogP contribution in [0.3, 0.4) is 0 Å². The summed E-state index contributed by atoms with van der Waals surface area (Å²) in [6.45, 7) is 6.80. The summed E-state index contributed by atoms with van der Waals surface area (Å²) in [6, 6.07) is 3.16. The van der Waals surface area contributed by atoms with Crippen LogP contribution in [-0.4, -0.2) is 31.9 Å². The highest BCUT2D eigenvalue weighted by molar-refractivity contribution is 5.87. The Morgan fingerprint density at radius 1 is 1.55 bits per heavy atom. The monoisotopic (exact) mass is 308 g/mol. The predicted octanol–water partition coefficient (Wildman–Crippen LogP) is 3.19. The van der Waals surface area contributed by atoms with Crippen molar-refractivity contribution in [3.8, 4) is 0 Å². The van der Waals surface area contributed by atoms with Crippen molar-refractivity contribution in [2.75, 3.05) is 19.8 Å². The third kappa shape index (κ3) is 4.64. The second-order valence-electron chi connectivity index (χ2n) is 5.25. The molecule has 0 aromatic heterocycles. The summed E-state index contributed by atoms with van der Waals surface area (Å²) < 4.78 is 29.5. The van der Waals surface area contributed by atoms with E-state index in [4.69, 9.17) is 14.2 Å². The van der Waals surface area contributed by atoms with Gasteiger partial charge in [-0.05, 0) is 55.7 Å². The Hall–Kier alpha value is -1.72. The predicted molar refractivity (Wildman–Crippen MR) is 80.9 cm³/mol. The highest BCUT2D eigenvalue weighted by atomic mass is 19.1. The number of aryl methyl sites for hydroxylation is 1. The fourth-order valence-corrected chi connectivity index (χ4v) is 2.07. The average molecular weight is 308 g/mol. The van der Waals surface area contributed by atoms with E-state index in [0.717, 1.165) is 5.56 Å². The lowest BCUT2D eigenvalue weighted by Crippen LogP contribution is -2.08. The van der Waals surface area contributed by atoms with Gasteiger partial charge in [0.25, 0.3) is 0 Å². The molecule has 120 valence electrons. The van der Waals surface area contributed by atoms with Crippen LogP contribution >= 0.6 is 0 Å². The van der Waals surface area contributed by atoms with Gasteiger partial charge in [0.1, 0.15) is 11.9 Å². The molecule has 1 aromatic rings. The lowest BCUT2D eigenvalue weighted by molar-refractivity contribution is -0.137. The van der Waals surface area contributed by atoms with Crippen LogP contribution in [0.2, 0.25) is 0 Å². The smallest absolute Gasteiger partial charge is 0.330 e. The Bertz CT molecular complexity index is 564. The number of esters is 1. The van der Waals surface area contributed by atoms with Gasteiger partial charge in [-0.25, -0.2) is 9.18 Å². The maximum Gasteiger partial charge on any atom is 0.330 e. The zero-order valence-electron chi connectivity index (χ0n) is 13.1. The minimum absolute atomic E-state index is 0.149. The highest BCUT2D eigenvalue weighted by Gasteiger charge is 2.24. The van der Waals surface area contributed by atoms with E-state index < -0.39 is 5.97 Å². The summed E-state index contributed by atoms with van der Waals surface area (Å²) in [4.78, 5) is 11.4. The van der Waals surface area contributed by atoms with Crippen LogP contribution in [0.1, 0.15) is 36.6 Å². The molecule has 1 aromatic carbocycles. The molecule has 2 rings (SSSR count). The third-order valence-electron chi connectivity index (χ3n) is 3.42. The first kappa shape index (κ1) is 16.6. The molecular formula is C17H21FO4. The van der Waals surface area contributed by atoms with E-state index in [1.807, 2.05) is 6.92 Å². The molecule has 1 saturated heterocycles. The van der Waals surface area contributed by atoms with E-state index in [1.165, 1.54) is 12.1 Å². The number of epoxide rings is 1. The van der Waals surface area contributed by atoms with Crippen LogP contribution < -0.4 is 0 Å². The van der Waals surface area contributed by atoms with Crippen molar-refractivity contribution < 1.29 is 23.4 Å². The van der Waals surface area contributed by atoms with E-state index in [1.54, 1.807) is 26.0 Å². The highest BCUT2D eigenvalue weighted by Crippen LogP contribution is 2.26. The van der Waals surface area contributed by atoms with Crippen molar-refractivity contribution in [2.24, 2.45) is 0 Å². The summed E-state index contributed by atoms with van der Waals surface area (Å²) in [7, 11) is 0. The number of hydrogen-bond acceptors (Lipinski definition) is 4. The number of halogens is 1. The van der Waals surface area contributed by atoms with Crippen molar-refractivity contribution in [2.45, 2.75) is 33.0 Å². The van der Waals surface area contributed by atoms with Crippen LogP contribution in [0.15, 0.2) is 18.2 Å². The second kappa shape index (κ2) is 7.51. The van der Waals surface area contributed by atoms with Crippen molar-refractivity contribution >= 4 is 12.0 Å². The quantitative estimate of drug-likeness (QED) is 0.441. The molecule has 0 spiro atoms. The fraction of sp³-hybridized carbons (Fsp3) is 0.471. The first-order chi connectivity index (χ1) is 10.5. The largest absolute Gasteiger partial charge is 0.463 e. The maximum atomic E-state index is 13.9. The molecule has 1 aliphatic heterocycles. The summed E-state index contributed by atoms with van der Waals surface area (Å²) in [5, 5.41) is 0. The van der Waals surface area contributed by atoms with Crippen LogP contribution in [0, 0.1) is 12.7 Å². The zero-order valence-corrected chi connectivity index (χ0v) is 13.1. The minimum atomic E-state index is -0.421. The fourth-order valence-electron chi connectivity index (χ4n) is 2.07. The minimum Gasteiger partial charge on any atom is -0.463 e. The second-order valence-corrected chi connectivity index (χ2v) is 5.25. The Labute approximate surface area is 129 Å². The number of hydrogen-bond donors (Lipinski definition) is 0. The molecule has 0 saturated carbocycles. The van der Waals surface area contributed by atoms with Gasteiger partial charge in [0.2, 0.25) is 0 Å². The molecular weight excluding hydrogens is 287 g/mol. The van der Waals surface area contributed by atoms with Gasteiger partial charge in [-0.15, -0.1) is 0 Å². The van der Waals surface area contributed by atoms with Gasteiger partial charge in [0, 0.05) is 6.08 Å². The van der Waals surface area contributed by atoms with E-state index in [2.05, 4.69) is 0 Å². The molecule has 1 unspecified atom stereocenters. The molecule has 0 bridgehead atoms. The molecule has 4 nitrogen and oxygen atoms in total. The van der Waals surface area contributed by atoms with Gasteiger partial charge in [0.05, 0.1) is 25.9 Å². The molecule has 1 aliphatic rings. The Balaban J connectivity index is 2.17. The number of carbonyl (C=O) groups is 1. The molecule has 1 fully saturated rings. The summed E-state index contributed by atoms with van der Waals surface area (Å²) >= 11 is 0. The molecule has 1 heterocycles. The molecule has 22 heavy (non-hydrogen) atoms. The topological polar surface area (TPSA) is 48.1 Å². The normalized spacial score (nSPS) is 18.5. The average Bonchev–Trinajstić information content (AvgIpc) is 3.30. The Kier molecular flexibility index (Phi) is 5.69. The lowest BCUT2D eigenvalue weighted by atomic mass is 9.99. The Morgan fingerprint density at radius 3 is 2.91 bits per heavy atom. The summed E-state index contributed by atoms with van der Waals surface area (Å²) in [5.41, 5.74) is 1.96. The Morgan fingerprint density at radius 2 is 2.27 bits per heavy atom. The number of benzene rings is 1. The summed E-state index contributed by atoms with van der Waals surface area (Å²) in [6.07, 6.45) is 2.83. The van der Waals surface area contributed by atoms with Crippen LogP contribution in [0.4, 0.5) is 4.39 Å². The maximum absolute atomic E-state index is 13.9. The van der Waals surface area contributed by atoms with Gasteiger partial charge in [-0.1, -0.05) is 0 Å². The van der Waals surface area contributed by atoms with Crippen molar-refractivity contribution in [3.63, 3.8) is 0 Å². The number of rotatable bonds is 7. The van der Waals surface area contributed by atoms with Crippen LogP contribution in [0.5, 0.6) is 0 Å². The molecule has 0 radical (unpaired) electrons. The SMILES string of the molecule is CCOC(=O)/C=C/c1cc(C)c(F)cc1[C@@H](C)OCC1CO1. The molecule has 2 atom stereocenters. The standard InChI is InChI=1S/C17H21FO4/c1-4-20-17(19)6-5-13-7-11(2)16(18)8-15(13)12(3)21-9-14-10-22-14/h5-8,12,14H,4,9-10H2,1-3H3/b6-5+/t12-,14?/m1/s1. The molecule has 0 aliphatic carbocycles. The molecule has 0 N–H and O–H groups in total. The lowest BCUT2D eigenvalue weighted by Gasteiger charge is -2.16. The van der Waals surface area contributed by atoms with Gasteiger partial charge in [-0.3, -0.25) is 0 Å². The van der Waals surface area contributed by atoms with E-state index in [0.29, 0.717) is 30.9 Å². The molecule has 5 heteroatoms. The summed E-state index contributed by atoms with van der Waals surface area (Å²) in [5.74, 6) is -0.711. The van der Waals surface area contributed by atoms with Crippen LogP contribution in [0.25, 0.3) is 6.08 Å². The van der Waals surface area contributed by atoms with Crippen LogP contribution in [-0.2, 0) is 19.0 Å². The van der Waals surface area contributed by atoms with E-state index >= 15 is 0 Å². The van der Waals surface area contributed by atoms with Crippen molar-refractivity contribution in [1.82, 2.24) is 0 Å². The number of ether oxygens (including phenoxy) is 3. The number of carbonyl (C=O) groups excluding carboxylic acids is 1. The van der Waals surface area contributed by atoms with Crippen molar-refractivity contribution in [3.05, 3.63) is 40.7 Å². The van der Waals surface area contributed by atoms with E-state index in [9.17, 15) is 9.18 Å². The van der Waals surface area contributed by atoms with Gasteiger partial charge < -0.3 is 14.2 Å². The first-order valence-electron chi connectivity index (χ1n) is 7.39. The third-order valence-corrected chi connectivity index (χ3v) is 3.42. The van der Waals surface area contributed by atoms with E-state index in [-0.39, 0.29) is 18.0 Å². The molecule has 0 amide bonds.